The summed E-state index contributed by atoms with van der Waals surface area (Å²) in [4.78, 5) is 11.4. The molecule has 0 radical (unpaired) electrons. The normalized spacial score (nSPS) is 15.3. The Morgan fingerprint density at radius 3 is 2.25 bits per heavy atom. The predicted molar refractivity (Wildman–Crippen MR) is 112 cm³/mol. The number of rotatable bonds is 2. The van der Waals surface area contributed by atoms with E-state index in [1.54, 1.807) is 12.1 Å². The molecule has 0 atom stereocenters. The molecule has 32 heavy (non-hydrogen) atoms. The SMILES string of the molecule is NC(=O)C(F)(F)F.O=S(=O)(Cl)c1ccc(N2CCc3cc4c(c(Cl)c3CC2)OCO4)cc1. The average molecular weight is 513 g/mol. The van der Waals surface area contributed by atoms with Crippen molar-refractivity contribution in [2.45, 2.75) is 23.9 Å². The predicted octanol–water partition coefficient (Wildman–Crippen LogP) is 3.64. The van der Waals surface area contributed by atoms with Crippen LogP contribution in [0.3, 0.4) is 0 Å². The molecular formula is C19H17Cl2F3N2O5S. The number of alkyl halides is 3. The third-order valence-electron chi connectivity index (χ3n) is 4.84. The fraction of sp³-hybridized carbons (Fsp3) is 0.316. The van der Waals surface area contributed by atoms with Gasteiger partial charge in [-0.3, -0.25) is 4.79 Å². The van der Waals surface area contributed by atoms with Crippen molar-refractivity contribution in [2.75, 3.05) is 24.8 Å². The summed E-state index contributed by atoms with van der Waals surface area (Å²) >= 11 is 6.50. The first-order chi connectivity index (χ1) is 14.9. The number of nitrogens with zero attached hydrogens (tertiary/aromatic N) is 1. The molecule has 2 aliphatic heterocycles. The standard InChI is InChI=1S/C17H15Cl2NO4S.C2H2F3NO/c18-16-14-6-8-20(12-1-3-13(4-2-12)25(19,21)22)7-5-11(14)9-15-17(16)24-10-23-15;3-2(4,5)1(6)7/h1-4,9H,5-8,10H2;(H2,6,7). The molecule has 0 aliphatic carbocycles. The summed E-state index contributed by atoms with van der Waals surface area (Å²) in [5.41, 5.74) is 7.01. The van der Waals surface area contributed by atoms with E-state index in [4.69, 9.17) is 36.6 Å². The van der Waals surface area contributed by atoms with Crippen LogP contribution in [0.1, 0.15) is 11.1 Å². The second kappa shape index (κ2) is 9.24. The van der Waals surface area contributed by atoms with Crippen LogP contribution in [0.25, 0.3) is 0 Å². The summed E-state index contributed by atoms with van der Waals surface area (Å²) in [7, 11) is 1.67. The molecule has 0 bridgehead atoms. The molecule has 2 N–H and O–H groups in total. The van der Waals surface area contributed by atoms with Crippen molar-refractivity contribution >= 4 is 42.9 Å². The monoisotopic (exact) mass is 512 g/mol. The fourth-order valence-electron chi connectivity index (χ4n) is 3.28. The van der Waals surface area contributed by atoms with E-state index in [0.29, 0.717) is 16.5 Å². The van der Waals surface area contributed by atoms with E-state index in [-0.39, 0.29) is 11.7 Å². The summed E-state index contributed by atoms with van der Waals surface area (Å²) in [6.45, 7) is 1.79. The zero-order chi connectivity index (χ0) is 23.7. The second-order valence-electron chi connectivity index (χ2n) is 6.84. The number of amides is 1. The molecular weight excluding hydrogens is 496 g/mol. The number of carbonyl (C=O) groups is 1. The van der Waals surface area contributed by atoms with Crippen molar-refractivity contribution in [3.05, 3.63) is 46.5 Å². The highest BCUT2D eigenvalue weighted by Crippen LogP contribution is 2.43. The number of halogens is 5. The van der Waals surface area contributed by atoms with Gasteiger partial charge in [0.05, 0.1) is 9.92 Å². The van der Waals surface area contributed by atoms with E-state index < -0.39 is 21.1 Å². The largest absolute Gasteiger partial charge is 0.470 e. The molecule has 1 amide bonds. The first-order valence-electron chi connectivity index (χ1n) is 9.14. The third-order valence-corrected chi connectivity index (χ3v) is 6.61. The molecule has 7 nitrogen and oxygen atoms in total. The second-order valence-corrected chi connectivity index (χ2v) is 9.79. The number of anilines is 1. The molecule has 2 aromatic rings. The first-order valence-corrected chi connectivity index (χ1v) is 11.8. The Hall–Kier alpha value is -2.37. The Bertz CT molecular complexity index is 1130. The molecule has 2 aliphatic rings. The lowest BCUT2D eigenvalue weighted by Gasteiger charge is -2.22. The van der Waals surface area contributed by atoms with Gasteiger partial charge in [0, 0.05) is 29.5 Å². The molecule has 0 fully saturated rings. The summed E-state index contributed by atoms with van der Waals surface area (Å²) in [6.07, 6.45) is -3.26. The van der Waals surface area contributed by atoms with Crippen LogP contribution in [-0.4, -0.2) is 40.4 Å². The van der Waals surface area contributed by atoms with Crippen LogP contribution in [0.4, 0.5) is 18.9 Å². The van der Waals surface area contributed by atoms with Gasteiger partial charge >= 0.3 is 12.1 Å². The molecule has 174 valence electrons. The van der Waals surface area contributed by atoms with Crippen molar-refractivity contribution in [2.24, 2.45) is 5.73 Å². The van der Waals surface area contributed by atoms with Gasteiger partial charge in [-0.2, -0.15) is 13.2 Å². The molecule has 4 rings (SSSR count). The molecule has 0 saturated carbocycles. The van der Waals surface area contributed by atoms with Crippen molar-refractivity contribution in [3.63, 3.8) is 0 Å². The average Bonchev–Trinajstić information content (AvgIpc) is 3.07. The highest BCUT2D eigenvalue weighted by Gasteiger charge is 2.35. The summed E-state index contributed by atoms with van der Waals surface area (Å²) in [5, 5.41) is 0.635. The van der Waals surface area contributed by atoms with Gasteiger partial charge in [-0.05, 0) is 54.3 Å². The maximum atomic E-state index is 11.4. The molecule has 0 aromatic heterocycles. The minimum Gasteiger partial charge on any atom is -0.454 e. The van der Waals surface area contributed by atoms with E-state index >= 15 is 0 Å². The lowest BCUT2D eigenvalue weighted by molar-refractivity contribution is -0.169. The first kappa shape index (κ1) is 24.3. The van der Waals surface area contributed by atoms with Crippen molar-refractivity contribution in [1.82, 2.24) is 0 Å². The van der Waals surface area contributed by atoms with Crippen LogP contribution in [0.2, 0.25) is 5.02 Å². The molecule has 2 aromatic carbocycles. The van der Waals surface area contributed by atoms with Crippen LogP contribution < -0.4 is 20.1 Å². The number of hydrogen-bond acceptors (Lipinski definition) is 6. The number of carbonyl (C=O) groups excluding carboxylic acids is 1. The van der Waals surface area contributed by atoms with E-state index in [9.17, 15) is 21.6 Å². The van der Waals surface area contributed by atoms with E-state index in [1.807, 2.05) is 6.07 Å². The van der Waals surface area contributed by atoms with Gasteiger partial charge in [-0.25, -0.2) is 8.42 Å². The quantitative estimate of drug-likeness (QED) is 0.616. The zero-order valence-corrected chi connectivity index (χ0v) is 18.6. The topological polar surface area (TPSA) is 98.9 Å². The van der Waals surface area contributed by atoms with E-state index in [2.05, 4.69) is 10.6 Å². The van der Waals surface area contributed by atoms with Crippen molar-refractivity contribution < 1.29 is 35.9 Å². The van der Waals surface area contributed by atoms with Gasteiger partial charge in [0.1, 0.15) is 0 Å². The van der Waals surface area contributed by atoms with Crippen LogP contribution in [0.15, 0.2) is 35.2 Å². The number of fused-ring (bicyclic) bond motifs is 2. The Balaban J connectivity index is 0.000000360. The smallest absolute Gasteiger partial charge is 0.454 e. The summed E-state index contributed by atoms with van der Waals surface area (Å²) in [6, 6.07) is 8.62. The van der Waals surface area contributed by atoms with Gasteiger partial charge in [-0.1, -0.05) is 11.6 Å². The maximum absolute atomic E-state index is 11.4. The summed E-state index contributed by atoms with van der Waals surface area (Å²) < 4.78 is 65.8. The molecule has 0 saturated heterocycles. The minimum absolute atomic E-state index is 0.102. The van der Waals surface area contributed by atoms with E-state index in [1.165, 1.54) is 12.1 Å². The van der Waals surface area contributed by atoms with Crippen LogP contribution in [-0.2, 0) is 26.7 Å². The number of hydrogen-bond donors (Lipinski definition) is 1. The van der Waals surface area contributed by atoms with Gasteiger partial charge in [0.15, 0.2) is 11.5 Å². The van der Waals surface area contributed by atoms with Crippen LogP contribution in [0.5, 0.6) is 11.5 Å². The van der Waals surface area contributed by atoms with Gasteiger partial charge < -0.3 is 20.1 Å². The van der Waals surface area contributed by atoms with Gasteiger partial charge in [-0.15, -0.1) is 0 Å². The Morgan fingerprint density at radius 1 is 1.09 bits per heavy atom. The number of ether oxygens (including phenoxy) is 2. The maximum Gasteiger partial charge on any atom is 0.470 e. The molecule has 13 heteroatoms. The molecule has 0 spiro atoms. The highest BCUT2D eigenvalue weighted by molar-refractivity contribution is 8.13. The lowest BCUT2D eigenvalue weighted by Crippen LogP contribution is -2.30. The van der Waals surface area contributed by atoms with Crippen LogP contribution >= 0.6 is 22.3 Å². The zero-order valence-electron chi connectivity index (χ0n) is 16.3. The Labute approximate surface area is 191 Å². The van der Waals surface area contributed by atoms with E-state index in [0.717, 1.165) is 42.7 Å². The van der Waals surface area contributed by atoms with Crippen LogP contribution in [0, 0.1) is 0 Å². The summed E-state index contributed by atoms with van der Waals surface area (Å²) in [5.74, 6) is -0.924. The Morgan fingerprint density at radius 2 is 1.69 bits per heavy atom. The number of primary amides is 1. The van der Waals surface area contributed by atoms with Crippen molar-refractivity contribution in [1.29, 1.82) is 0 Å². The minimum atomic E-state index is -4.86. The molecule has 2 heterocycles. The Kier molecular flexibility index (Phi) is 7.01. The van der Waals surface area contributed by atoms with Gasteiger partial charge in [0.2, 0.25) is 6.79 Å². The fourth-order valence-corrected chi connectivity index (χ4v) is 4.41. The van der Waals surface area contributed by atoms with Gasteiger partial charge in [0.25, 0.3) is 9.05 Å². The number of benzene rings is 2. The highest BCUT2D eigenvalue weighted by atomic mass is 35.7. The lowest BCUT2D eigenvalue weighted by atomic mass is 10.0. The van der Waals surface area contributed by atoms with Crippen molar-refractivity contribution in [3.8, 4) is 11.5 Å². The third kappa shape index (κ3) is 5.51. The number of nitrogens with two attached hydrogens (primary N) is 1. The molecule has 0 unspecified atom stereocenters.